The molecule has 0 aromatic carbocycles. The zero-order valence-electron chi connectivity index (χ0n) is 12.0. The summed E-state index contributed by atoms with van der Waals surface area (Å²) < 4.78 is 0. The first-order chi connectivity index (χ1) is 7.63. The quantitative estimate of drug-likeness (QED) is 0.417. The smallest absolute Gasteiger partial charge is 0.191 e. The number of unbranched alkanes of at least 4 members (excludes halogenated alkanes) is 1. The van der Waals surface area contributed by atoms with Gasteiger partial charge in [0.25, 0.3) is 0 Å². The van der Waals surface area contributed by atoms with E-state index in [1.807, 2.05) is 7.05 Å². The van der Waals surface area contributed by atoms with Crippen molar-refractivity contribution >= 4 is 29.9 Å². The Bertz CT molecular complexity index is 193. The zero-order chi connectivity index (χ0) is 12.4. The SMILES string of the molecule is CCCCC(CC)CNC(=NC)NC(C)C.I. The molecule has 0 saturated heterocycles. The third-order valence-electron chi connectivity index (χ3n) is 2.75. The Hall–Kier alpha value is 0. The van der Waals surface area contributed by atoms with Crippen LogP contribution in [-0.2, 0) is 0 Å². The van der Waals surface area contributed by atoms with E-state index in [9.17, 15) is 0 Å². The topological polar surface area (TPSA) is 36.4 Å². The van der Waals surface area contributed by atoms with Crippen LogP contribution in [0.25, 0.3) is 0 Å². The summed E-state index contributed by atoms with van der Waals surface area (Å²) in [6.45, 7) is 9.80. The molecule has 3 nitrogen and oxygen atoms in total. The van der Waals surface area contributed by atoms with Gasteiger partial charge < -0.3 is 10.6 Å². The van der Waals surface area contributed by atoms with E-state index in [-0.39, 0.29) is 24.0 Å². The maximum atomic E-state index is 4.21. The molecule has 0 aromatic heterocycles. The number of nitrogens with zero attached hydrogens (tertiary/aromatic N) is 1. The minimum absolute atomic E-state index is 0. The van der Waals surface area contributed by atoms with E-state index in [2.05, 4.69) is 43.3 Å². The minimum Gasteiger partial charge on any atom is -0.356 e. The highest BCUT2D eigenvalue weighted by atomic mass is 127. The number of hydrogen-bond acceptors (Lipinski definition) is 1. The van der Waals surface area contributed by atoms with Gasteiger partial charge in [-0.05, 0) is 26.2 Å². The van der Waals surface area contributed by atoms with Gasteiger partial charge >= 0.3 is 0 Å². The molecule has 0 fully saturated rings. The van der Waals surface area contributed by atoms with Gasteiger partial charge in [-0.2, -0.15) is 0 Å². The molecule has 0 amide bonds. The van der Waals surface area contributed by atoms with Crippen molar-refractivity contribution in [1.82, 2.24) is 10.6 Å². The van der Waals surface area contributed by atoms with Crippen molar-refractivity contribution in [3.63, 3.8) is 0 Å². The number of hydrogen-bond donors (Lipinski definition) is 2. The lowest BCUT2D eigenvalue weighted by atomic mass is 9.99. The second-order valence-corrected chi connectivity index (χ2v) is 4.67. The Labute approximate surface area is 124 Å². The molecule has 104 valence electrons. The van der Waals surface area contributed by atoms with E-state index in [1.54, 1.807) is 0 Å². The van der Waals surface area contributed by atoms with Crippen molar-refractivity contribution in [2.24, 2.45) is 10.9 Å². The monoisotopic (exact) mass is 355 g/mol. The fourth-order valence-corrected chi connectivity index (χ4v) is 1.65. The predicted octanol–water partition coefficient (Wildman–Crippen LogP) is 3.39. The lowest BCUT2D eigenvalue weighted by Gasteiger charge is -2.19. The molecule has 0 aliphatic heterocycles. The maximum Gasteiger partial charge on any atom is 0.191 e. The summed E-state index contributed by atoms with van der Waals surface area (Å²) in [5.41, 5.74) is 0. The van der Waals surface area contributed by atoms with Gasteiger partial charge in [0.2, 0.25) is 0 Å². The van der Waals surface area contributed by atoms with Crippen LogP contribution in [0.3, 0.4) is 0 Å². The standard InChI is InChI=1S/C13H29N3.HI/c1-6-8-9-12(7-2)10-15-13(14-5)16-11(3)4;/h11-12H,6-10H2,1-5H3,(H2,14,15,16);1H. The molecule has 0 saturated carbocycles. The molecule has 17 heavy (non-hydrogen) atoms. The molecular weight excluding hydrogens is 325 g/mol. The van der Waals surface area contributed by atoms with Crippen LogP contribution in [-0.4, -0.2) is 25.6 Å². The van der Waals surface area contributed by atoms with Crippen molar-refractivity contribution in [2.45, 2.75) is 59.4 Å². The molecular formula is C13H30IN3. The highest BCUT2D eigenvalue weighted by molar-refractivity contribution is 14.0. The van der Waals surface area contributed by atoms with Gasteiger partial charge in [-0.25, -0.2) is 0 Å². The molecule has 0 aliphatic carbocycles. The largest absolute Gasteiger partial charge is 0.356 e. The molecule has 1 unspecified atom stereocenters. The van der Waals surface area contributed by atoms with E-state index in [0.717, 1.165) is 18.4 Å². The molecule has 1 atom stereocenters. The third-order valence-corrected chi connectivity index (χ3v) is 2.75. The summed E-state index contributed by atoms with van der Waals surface area (Å²) in [5, 5.41) is 6.70. The average molecular weight is 355 g/mol. The molecule has 0 heterocycles. The third kappa shape index (κ3) is 10.9. The first-order valence-corrected chi connectivity index (χ1v) is 6.61. The second-order valence-electron chi connectivity index (χ2n) is 4.67. The Balaban J connectivity index is 0. The van der Waals surface area contributed by atoms with Crippen LogP contribution in [0.15, 0.2) is 4.99 Å². The Morgan fingerprint density at radius 2 is 1.88 bits per heavy atom. The van der Waals surface area contributed by atoms with Crippen LogP contribution < -0.4 is 10.6 Å². The van der Waals surface area contributed by atoms with Gasteiger partial charge in [0.1, 0.15) is 0 Å². The second kappa shape index (κ2) is 12.5. The van der Waals surface area contributed by atoms with Crippen LogP contribution in [0, 0.1) is 5.92 Å². The Morgan fingerprint density at radius 3 is 2.29 bits per heavy atom. The first-order valence-electron chi connectivity index (χ1n) is 6.61. The fraction of sp³-hybridized carbons (Fsp3) is 0.923. The number of guanidine groups is 1. The number of nitrogens with one attached hydrogen (secondary N) is 2. The summed E-state index contributed by atoms with van der Waals surface area (Å²) >= 11 is 0. The van der Waals surface area contributed by atoms with Gasteiger partial charge in [-0.15, -0.1) is 24.0 Å². The summed E-state index contributed by atoms with van der Waals surface area (Å²) in [6, 6.07) is 0.432. The Kier molecular flexibility index (Phi) is 14.2. The highest BCUT2D eigenvalue weighted by Crippen LogP contribution is 2.10. The number of halogens is 1. The lowest BCUT2D eigenvalue weighted by Crippen LogP contribution is -2.42. The first kappa shape index (κ1) is 19.3. The zero-order valence-corrected chi connectivity index (χ0v) is 14.4. The Morgan fingerprint density at radius 1 is 1.24 bits per heavy atom. The van der Waals surface area contributed by atoms with Crippen molar-refractivity contribution in [3.05, 3.63) is 0 Å². The van der Waals surface area contributed by atoms with Crippen LogP contribution >= 0.6 is 24.0 Å². The number of rotatable bonds is 7. The van der Waals surface area contributed by atoms with Crippen LogP contribution in [0.5, 0.6) is 0 Å². The summed E-state index contributed by atoms with van der Waals surface area (Å²) in [7, 11) is 1.82. The van der Waals surface area contributed by atoms with Gasteiger partial charge in [0.15, 0.2) is 5.96 Å². The van der Waals surface area contributed by atoms with Crippen molar-refractivity contribution < 1.29 is 0 Å². The lowest BCUT2D eigenvalue weighted by molar-refractivity contribution is 0.443. The van der Waals surface area contributed by atoms with Gasteiger partial charge in [0, 0.05) is 19.6 Å². The van der Waals surface area contributed by atoms with Crippen molar-refractivity contribution in [1.29, 1.82) is 0 Å². The summed E-state index contributed by atoms with van der Waals surface area (Å²) in [6.07, 6.45) is 5.18. The molecule has 0 radical (unpaired) electrons. The molecule has 0 aliphatic rings. The van der Waals surface area contributed by atoms with E-state index in [1.165, 1.54) is 25.7 Å². The number of aliphatic imine (C=N–C) groups is 1. The van der Waals surface area contributed by atoms with E-state index >= 15 is 0 Å². The molecule has 4 heteroatoms. The van der Waals surface area contributed by atoms with Crippen LogP contribution in [0.2, 0.25) is 0 Å². The average Bonchev–Trinajstić information content (AvgIpc) is 2.27. The highest BCUT2D eigenvalue weighted by Gasteiger charge is 2.07. The molecule has 2 N–H and O–H groups in total. The molecule has 0 bridgehead atoms. The van der Waals surface area contributed by atoms with Crippen molar-refractivity contribution in [2.75, 3.05) is 13.6 Å². The van der Waals surface area contributed by atoms with Crippen molar-refractivity contribution in [3.8, 4) is 0 Å². The maximum absolute atomic E-state index is 4.21. The molecule has 0 spiro atoms. The fourth-order valence-electron chi connectivity index (χ4n) is 1.65. The molecule has 0 rings (SSSR count). The predicted molar refractivity (Wildman–Crippen MR) is 88.4 cm³/mol. The van der Waals surface area contributed by atoms with E-state index < -0.39 is 0 Å². The van der Waals surface area contributed by atoms with Gasteiger partial charge in [-0.3, -0.25) is 4.99 Å². The van der Waals surface area contributed by atoms with Crippen LogP contribution in [0.4, 0.5) is 0 Å². The normalized spacial score (nSPS) is 13.2. The molecule has 0 aromatic rings. The van der Waals surface area contributed by atoms with E-state index in [4.69, 9.17) is 0 Å². The van der Waals surface area contributed by atoms with Gasteiger partial charge in [-0.1, -0.05) is 33.1 Å². The minimum atomic E-state index is 0. The van der Waals surface area contributed by atoms with Gasteiger partial charge in [0.05, 0.1) is 0 Å². The summed E-state index contributed by atoms with van der Waals surface area (Å²) in [4.78, 5) is 4.21. The van der Waals surface area contributed by atoms with Crippen LogP contribution in [0.1, 0.15) is 53.4 Å². The van der Waals surface area contributed by atoms with E-state index in [0.29, 0.717) is 6.04 Å². The summed E-state index contributed by atoms with van der Waals surface area (Å²) in [5.74, 6) is 1.69.